The Kier molecular flexibility index (Phi) is 8.77. The number of carbonyl (C=O) groups is 1. The molecule has 0 aliphatic heterocycles. The molecule has 0 aromatic heterocycles. The maximum Gasteiger partial charge on any atom is 0.223 e. The van der Waals surface area contributed by atoms with Gasteiger partial charge in [-0.2, -0.15) is 0 Å². The second kappa shape index (κ2) is 10.1. The summed E-state index contributed by atoms with van der Waals surface area (Å²) in [4.78, 5) is 11.3. The maximum atomic E-state index is 11.3. The molecule has 118 valence electrons. The van der Waals surface area contributed by atoms with E-state index in [0.29, 0.717) is 39.5 Å². The molecule has 0 aromatic rings. The number of carbonyl (C=O) groups excluding carboxylic acids is 1. The Bertz CT molecular complexity index is 270. The van der Waals surface area contributed by atoms with Gasteiger partial charge in [0, 0.05) is 25.6 Å². The Morgan fingerprint density at radius 3 is 2.70 bits per heavy atom. The van der Waals surface area contributed by atoms with Crippen LogP contribution in [0, 0.1) is 5.92 Å². The van der Waals surface area contributed by atoms with E-state index >= 15 is 0 Å². The molecule has 0 saturated heterocycles. The first-order valence-electron chi connectivity index (χ1n) is 7.45. The summed E-state index contributed by atoms with van der Waals surface area (Å²) in [6.45, 7) is 7.00. The lowest BCUT2D eigenvalue weighted by molar-refractivity contribution is -0.122. The van der Waals surface area contributed by atoms with Crippen LogP contribution in [-0.2, 0) is 14.3 Å². The van der Waals surface area contributed by atoms with Crippen LogP contribution >= 0.6 is 0 Å². The maximum absolute atomic E-state index is 11.3. The van der Waals surface area contributed by atoms with Gasteiger partial charge >= 0.3 is 0 Å². The summed E-state index contributed by atoms with van der Waals surface area (Å²) in [5, 5.41) is 15.6. The van der Waals surface area contributed by atoms with E-state index in [4.69, 9.17) is 9.47 Å². The van der Waals surface area contributed by atoms with E-state index in [2.05, 4.69) is 10.6 Å². The molecule has 0 radical (unpaired) electrons. The van der Waals surface area contributed by atoms with Gasteiger partial charge in [0.15, 0.2) is 0 Å². The predicted octanol–water partition coefficient (Wildman–Crippen LogP) is -0.0953. The molecule has 0 bridgehead atoms. The third-order valence-electron chi connectivity index (χ3n) is 2.92. The Labute approximate surface area is 121 Å². The smallest absolute Gasteiger partial charge is 0.223 e. The molecule has 1 aliphatic carbocycles. The highest BCUT2D eigenvalue weighted by Crippen LogP contribution is 2.28. The molecule has 6 nitrogen and oxygen atoms in total. The van der Waals surface area contributed by atoms with Crippen LogP contribution in [0.15, 0.2) is 0 Å². The highest BCUT2D eigenvalue weighted by Gasteiger charge is 2.28. The fourth-order valence-corrected chi connectivity index (χ4v) is 1.65. The van der Waals surface area contributed by atoms with Crippen LogP contribution in [0.4, 0.5) is 0 Å². The van der Waals surface area contributed by atoms with Crippen LogP contribution in [-0.4, -0.2) is 62.7 Å². The molecule has 1 fully saturated rings. The first-order chi connectivity index (χ1) is 9.59. The molecule has 0 heterocycles. The Morgan fingerprint density at radius 2 is 2.05 bits per heavy atom. The minimum absolute atomic E-state index is 0.154. The second-order valence-corrected chi connectivity index (χ2v) is 5.42. The number of aliphatic hydroxyl groups is 1. The van der Waals surface area contributed by atoms with Gasteiger partial charge in [-0.15, -0.1) is 0 Å². The Balaban J connectivity index is 1.82. The van der Waals surface area contributed by atoms with E-state index in [1.165, 1.54) is 0 Å². The van der Waals surface area contributed by atoms with Crippen LogP contribution in [0.2, 0.25) is 0 Å². The lowest BCUT2D eigenvalue weighted by Gasteiger charge is -2.13. The predicted molar refractivity (Wildman–Crippen MR) is 76.5 cm³/mol. The summed E-state index contributed by atoms with van der Waals surface area (Å²) in [5.41, 5.74) is 0. The molecule has 1 aliphatic rings. The van der Waals surface area contributed by atoms with Gasteiger partial charge in [0.2, 0.25) is 5.91 Å². The Hall–Kier alpha value is -0.690. The van der Waals surface area contributed by atoms with Gasteiger partial charge in [0.1, 0.15) is 0 Å². The van der Waals surface area contributed by atoms with Crippen LogP contribution in [0.1, 0.15) is 26.7 Å². The number of nitrogens with one attached hydrogen (secondary N) is 2. The molecular formula is C14H28N2O4. The number of hydrogen-bond acceptors (Lipinski definition) is 5. The molecule has 0 spiro atoms. The molecule has 1 saturated carbocycles. The molecule has 1 amide bonds. The average Bonchev–Trinajstić information content (AvgIpc) is 3.21. The second-order valence-electron chi connectivity index (χ2n) is 5.42. The van der Waals surface area contributed by atoms with Crippen molar-refractivity contribution in [2.24, 2.45) is 5.92 Å². The quantitative estimate of drug-likeness (QED) is 0.437. The van der Waals surface area contributed by atoms with Crippen molar-refractivity contribution in [2.75, 3.05) is 39.5 Å². The molecule has 20 heavy (non-hydrogen) atoms. The molecule has 1 atom stereocenters. The molecule has 1 unspecified atom stereocenters. The van der Waals surface area contributed by atoms with E-state index in [9.17, 15) is 9.90 Å². The van der Waals surface area contributed by atoms with Gasteiger partial charge in [-0.05, 0) is 26.7 Å². The van der Waals surface area contributed by atoms with Gasteiger partial charge in [-0.1, -0.05) is 0 Å². The van der Waals surface area contributed by atoms with Crippen LogP contribution in [0.5, 0.6) is 0 Å². The average molecular weight is 288 g/mol. The van der Waals surface area contributed by atoms with Gasteiger partial charge in [0.25, 0.3) is 0 Å². The summed E-state index contributed by atoms with van der Waals surface area (Å²) in [5.74, 6) is 0.405. The zero-order chi connectivity index (χ0) is 14.8. The number of rotatable bonds is 12. The minimum atomic E-state index is -0.534. The molecular weight excluding hydrogens is 260 g/mol. The Morgan fingerprint density at radius 1 is 1.30 bits per heavy atom. The van der Waals surface area contributed by atoms with Crippen molar-refractivity contribution in [1.29, 1.82) is 0 Å². The topological polar surface area (TPSA) is 79.8 Å². The van der Waals surface area contributed by atoms with E-state index in [1.54, 1.807) is 0 Å². The standard InChI is InChI=1S/C14H28N2O4/c1-11(2)20-8-7-19-10-13(17)9-15-5-6-16-14(18)12-3-4-12/h11-13,15,17H,3-10H2,1-2H3,(H,16,18). The third-order valence-corrected chi connectivity index (χ3v) is 2.92. The summed E-state index contributed by atoms with van der Waals surface area (Å²) >= 11 is 0. The summed E-state index contributed by atoms with van der Waals surface area (Å²) in [6.07, 6.45) is 1.72. The molecule has 3 N–H and O–H groups in total. The molecule has 1 rings (SSSR count). The summed E-state index contributed by atoms with van der Waals surface area (Å²) < 4.78 is 10.6. The van der Waals surface area contributed by atoms with Crippen LogP contribution in [0.3, 0.4) is 0 Å². The van der Waals surface area contributed by atoms with E-state index in [1.807, 2.05) is 13.8 Å². The van der Waals surface area contributed by atoms with E-state index in [0.717, 1.165) is 12.8 Å². The molecule has 0 aromatic carbocycles. The largest absolute Gasteiger partial charge is 0.389 e. The van der Waals surface area contributed by atoms with Gasteiger partial charge < -0.3 is 25.2 Å². The van der Waals surface area contributed by atoms with Crippen molar-refractivity contribution in [3.05, 3.63) is 0 Å². The van der Waals surface area contributed by atoms with Crippen molar-refractivity contribution in [1.82, 2.24) is 10.6 Å². The lowest BCUT2D eigenvalue weighted by atomic mass is 10.3. The summed E-state index contributed by atoms with van der Waals surface area (Å²) in [7, 11) is 0. The zero-order valence-corrected chi connectivity index (χ0v) is 12.6. The number of ether oxygens (including phenoxy) is 2. The molecule has 6 heteroatoms. The van der Waals surface area contributed by atoms with Crippen molar-refractivity contribution >= 4 is 5.91 Å². The normalized spacial score (nSPS) is 16.4. The highest BCUT2D eigenvalue weighted by atomic mass is 16.5. The van der Waals surface area contributed by atoms with Crippen molar-refractivity contribution in [3.8, 4) is 0 Å². The fourth-order valence-electron chi connectivity index (χ4n) is 1.65. The van der Waals surface area contributed by atoms with Gasteiger partial charge in [-0.3, -0.25) is 4.79 Å². The fraction of sp³-hybridized carbons (Fsp3) is 0.929. The number of aliphatic hydroxyl groups excluding tert-OH is 1. The lowest BCUT2D eigenvalue weighted by Crippen LogP contribution is -2.37. The van der Waals surface area contributed by atoms with Gasteiger partial charge in [-0.25, -0.2) is 0 Å². The zero-order valence-electron chi connectivity index (χ0n) is 12.6. The highest BCUT2D eigenvalue weighted by molar-refractivity contribution is 5.80. The van der Waals surface area contributed by atoms with Crippen molar-refractivity contribution in [3.63, 3.8) is 0 Å². The third kappa shape index (κ3) is 9.25. The minimum Gasteiger partial charge on any atom is -0.389 e. The van der Waals surface area contributed by atoms with Crippen LogP contribution in [0.25, 0.3) is 0 Å². The first-order valence-corrected chi connectivity index (χ1v) is 7.45. The summed E-state index contributed by atoms with van der Waals surface area (Å²) in [6, 6.07) is 0. The van der Waals surface area contributed by atoms with Crippen molar-refractivity contribution in [2.45, 2.75) is 38.9 Å². The first kappa shape index (κ1) is 17.4. The monoisotopic (exact) mass is 288 g/mol. The van der Waals surface area contributed by atoms with Crippen LogP contribution < -0.4 is 10.6 Å². The van der Waals surface area contributed by atoms with E-state index < -0.39 is 6.10 Å². The number of amides is 1. The van der Waals surface area contributed by atoms with Crippen molar-refractivity contribution < 1.29 is 19.4 Å². The number of hydrogen-bond donors (Lipinski definition) is 3. The SMILES string of the molecule is CC(C)OCCOCC(O)CNCCNC(=O)C1CC1. The van der Waals surface area contributed by atoms with E-state index in [-0.39, 0.29) is 17.9 Å². The van der Waals surface area contributed by atoms with Gasteiger partial charge in [0.05, 0.1) is 32.0 Å².